The Morgan fingerprint density at radius 2 is 2.00 bits per heavy atom. The lowest BCUT2D eigenvalue weighted by Crippen LogP contribution is -2.45. The number of nitrogens with one attached hydrogen (secondary N) is 1. The molecule has 0 aromatic carbocycles. The van der Waals surface area contributed by atoms with Gasteiger partial charge in [0.2, 0.25) is 0 Å². The molecule has 1 atom stereocenters. The third kappa shape index (κ3) is 4.60. The molecular formula is C9H19N3O2S. The van der Waals surface area contributed by atoms with Crippen LogP contribution < -0.4 is 4.72 Å². The van der Waals surface area contributed by atoms with Gasteiger partial charge in [-0.05, 0) is 20.3 Å². The van der Waals surface area contributed by atoms with E-state index >= 15 is 0 Å². The maximum Gasteiger partial charge on any atom is 0.279 e. The number of hydrogen-bond acceptors (Lipinski definition) is 3. The summed E-state index contributed by atoms with van der Waals surface area (Å²) in [7, 11) is -1.94. The van der Waals surface area contributed by atoms with Crippen LogP contribution in [-0.4, -0.2) is 31.9 Å². The second-order valence-electron chi connectivity index (χ2n) is 3.70. The first-order chi connectivity index (χ1) is 6.85. The van der Waals surface area contributed by atoms with Crippen molar-refractivity contribution < 1.29 is 8.42 Å². The molecule has 0 saturated carbocycles. The van der Waals surface area contributed by atoms with Crippen molar-refractivity contribution in [1.29, 1.82) is 5.26 Å². The van der Waals surface area contributed by atoms with E-state index in [1.807, 2.05) is 13.0 Å². The van der Waals surface area contributed by atoms with Crippen molar-refractivity contribution in [3.8, 4) is 6.07 Å². The largest absolute Gasteiger partial charge is 0.279 e. The van der Waals surface area contributed by atoms with Gasteiger partial charge in [-0.1, -0.05) is 6.92 Å². The van der Waals surface area contributed by atoms with E-state index in [0.29, 0.717) is 6.42 Å². The summed E-state index contributed by atoms with van der Waals surface area (Å²) in [5, 5.41) is 8.51. The molecule has 0 heterocycles. The minimum atomic E-state index is -3.46. The van der Waals surface area contributed by atoms with Crippen LogP contribution in [0.25, 0.3) is 0 Å². The molecule has 0 fully saturated rings. The second-order valence-corrected chi connectivity index (χ2v) is 5.46. The molecule has 0 aromatic rings. The highest BCUT2D eigenvalue weighted by molar-refractivity contribution is 7.87. The third-order valence-electron chi connectivity index (χ3n) is 2.25. The number of hydrogen-bond donors (Lipinski definition) is 1. The number of nitriles is 1. The Bertz CT molecular complexity index is 319. The standard InChI is InChI=1S/C9H19N3O2S/c1-5-9(6-7-10)11-15(13,14)12(4)8(2)3/h8-9,11H,5-6H2,1-4H3. The molecule has 1 unspecified atom stereocenters. The van der Waals surface area contributed by atoms with Gasteiger partial charge in [-0.15, -0.1) is 0 Å². The van der Waals surface area contributed by atoms with Crippen LogP contribution in [0.1, 0.15) is 33.6 Å². The molecule has 15 heavy (non-hydrogen) atoms. The van der Waals surface area contributed by atoms with Gasteiger partial charge in [0.1, 0.15) is 0 Å². The van der Waals surface area contributed by atoms with Crippen molar-refractivity contribution in [2.75, 3.05) is 7.05 Å². The molecule has 0 aliphatic carbocycles. The van der Waals surface area contributed by atoms with Crippen LogP contribution in [0.2, 0.25) is 0 Å². The summed E-state index contributed by atoms with van der Waals surface area (Å²) >= 11 is 0. The molecule has 1 N–H and O–H groups in total. The fraction of sp³-hybridized carbons (Fsp3) is 0.889. The van der Waals surface area contributed by atoms with Crippen molar-refractivity contribution in [3.05, 3.63) is 0 Å². The fourth-order valence-electron chi connectivity index (χ4n) is 0.951. The number of rotatable bonds is 6. The molecule has 88 valence electrons. The highest BCUT2D eigenvalue weighted by Crippen LogP contribution is 2.05. The lowest BCUT2D eigenvalue weighted by molar-refractivity contribution is 0.394. The molecule has 0 aromatic heterocycles. The van der Waals surface area contributed by atoms with E-state index < -0.39 is 10.2 Å². The zero-order valence-corrected chi connectivity index (χ0v) is 10.5. The first-order valence-electron chi connectivity index (χ1n) is 4.97. The van der Waals surface area contributed by atoms with Crippen molar-refractivity contribution in [2.24, 2.45) is 0 Å². The second kappa shape index (κ2) is 6.05. The Morgan fingerprint density at radius 3 is 2.33 bits per heavy atom. The topological polar surface area (TPSA) is 73.2 Å². The Morgan fingerprint density at radius 1 is 1.47 bits per heavy atom. The van der Waals surface area contributed by atoms with Crippen molar-refractivity contribution in [1.82, 2.24) is 9.03 Å². The molecule has 0 amide bonds. The van der Waals surface area contributed by atoms with Crippen molar-refractivity contribution >= 4 is 10.2 Å². The monoisotopic (exact) mass is 233 g/mol. The first-order valence-corrected chi connectivity index (χ1v) is 6.41. The van der Waals surface area contributed by atoms with E-state index in [4.69, 9.17) is 5.26 Å². The summed E-state index contributed by atoms with van der Waals surface area (Å²) < 4.78 is 27.2. The Balaban J connectivity index is 4.56. The van der Waals surface area contributed by atoms with Crippen LogP contribution in [0.5, 0.6) is 0 Å². The average Bonchev–Trinajstić information content (AvgIpc) is 2.15. The number of nitrogens with zero attached hydrogens (tertiary/aromatic N) is 2. The van der Waals surface area contributed by atoms with Crippen molar-refractivity contribution in [2.45, 2.75) is 45.7 Å². The smallest absolute Gasteiger partial charge is 0.198 e. The minimum absolute atomic E-state index is 0.0953. The lowest BCUT2D eigenvalue weighted by Gasteiger charge is -2.24. The molecule has 0 aliphatic heterocycles. The maximum atomic E-state index is 11.7. The summed E-state index contributed by atoms with van der Waals surface area (Å²) in [6.45, 7) is 5.44. The van der Waals surface area contributed by atoms with E-state index in [0.717, 1.165) is 0 Å². The molecule has 0 radical (unpaired) electrons. The van der Waals surface area contributed by atoms with Gasteiger partial charge in [0.15, 0.2) is 0 Å². The predicted molar refractivity (Wildman–Crippen MR) is 59.3 cm³/mol. The minimum Gasteiger partial charge on any atom is -0.198 e. The molecule has 0 bridgehead atoms. The van der Waals surface area contributed by atoms with Crippen molar-refractivity contribution in [3.63, 3.8) is 0 Å². The van der Waals surface area contributed by atoms with Crippen LogP contribution in [0, 0.1) is 11.3 Å². The summed E-state index contributed by atoms with van der Waals surface area (Å²) in [6.07, 6.45) is 0.806. The first kappa shape index (κ1) is 14.4. The molecule has 5 nitrogen and oxygen atoms in total. The molecule has 0 rings (SSSR count). The highest BCUT2D eigenvalue weighted by Gasteiger charge is 2.23. The summed E-state index contributed by atoms with van der Waals surface area (Å²) in [6, 6.07) is 1.56. The van der Waals surface area contributed by atoms with E-state index in [1.165, 1.54) is 11.4 Å². The third-order valence-corrected chi connectivity index (χ3v) is 4.06. The lowest BCUT2D eigenvalue weighted by atomic mass is 10.2. The normalized spacial score (nSPS) is 14.2. The van der Waals surface area contributed by atoms with Crippen LogP contribution in [-0.2, 0) is 10.2 Å². The summed E-state index contributed by atoms with van der Waals surface area (Å²) in [5.41, 5.74) is 0. The Kier molecular flexibility index (Phi) is 5.80. The van der Waals surface area contributed by atoms with Gasteiger partial charge in [0.05, 0.1) is 12.5 Å². The van der Waals surface area contributed by atoms with Crippen LogP contribution in [0.15, 0.2) is 0 Å². The molecular weight excluding hydrogens is 214 g/mol. The molecule has 0 saturated heterocycles. The van der Waals surface area contributed by atoms with Gasteiger partial charge in [0.25, 0.3) is 10.2 Å². The quantitative estimate of drug-likeness (QED) is 0.739. The van der Waals surface area contributed by atoms with Gasteiger partial charge in [0, 0.05) is 19.1 Å². The van der Waals surface area contributed by atoms with Crippen LogP contribution in [0.3, 0.4) is 0 Å². The zero-order valence-electron chi connectivity index (χ0n) is 9.69. The van der Waals surface area contributed by atoms with Gasteiger partial charge in [-0.2, -0.15) is 22.7 Å². The summed E-state index contributed by atoms with van der Waals surface area (Å²) in [4.78, 5) is 0. The van der Waals surface area contributed by atoms with Crippen LogP contribution in [0.4, 0.5) is 0 Å². The average molecular weight is 233 g/mol. The Labute approximate surface area is 92.3 Å². The van der Waals surface area contributed by atoms with E-state index in [1.54, 1.807) is 13.8 Å². The molecule has 0 aliphatic rings. The van der Waals surface area contributed by atoms with Gasteiger partial charge in [-0.25, -0.2) is 0 Å². The molecule has 6 heteroatoms. The van der Waals surface area contributed by atoms with Crippen LogP contribution >= 0.6 is 0 Å². The zero-order chi connectivity index (χ0) is 12.1. The van der Waals surface area contributed by atoms with Gasteiger partial charge >= 0.3 is 0 Å². The summed E-state index contributed by atoms with van der Waals surface area (Å²) in [5.74, 6) is 0. The Hall–Kier alpha value is -0.640. The van der Waals surface area contributed by atoms with E-state index in [9.17, 15) is 8.42 Å². The maximum absolute atomic E-state index is 11.7. The fourth-order valence-corrected chi connectivity index (χ4v) is 2.34. The predicted octanol–water partition coefficient (Wildman–Crippen LogP) is 0.853. The van der Waals surface area contributed by atoms with E-state index in [2.05, 4.69) is 4.72 Å². The SMILES string of the molecule is CCC(CC#N)NS(=O)(=O)N(C)C(C)C. The molecule has 0 spiro atoms. The highest BCUT2D eigenvalue weighted by atomic mass is 32.2. The van der Waals surface area contributed by atoms with Gasteiger partial charge < -0.3 is 0 Å². The van der Waals surface area contributed by atoms with E-state index in [-0.39, 0.29) is 18.5 Å². The van der Waals surface area contributed by atoms with Gasteiger partial charge in [-0.3, -0.25) is 0 Å².